The number of aliphatic hydroxyl groups excluding tert-OH is 1. The van der Waals surface area contributed by atoms with Crippen molar-refractivity contribution in [3.63, 3.8) is 0 Å². The highest BCUT2D eigenvalue weighted by molar-refractivity contribution is 7.09. The average molecular weight is 631 g/mol. The van der Waals surface area contributed by atoms with Crippen LogP contribution in [0.5, 0.6) is 0 Å². The molecule has 4 rings (SSSR count). The van der Waals surface area contributed by atoms with Gasteiger partial charge in [-0.15, -0.1) is 11.3 Å². The third kappa shape index (κ3) is 9.60. The first-order chi connectivity index (χ1) is 21.4. The van der Waals surface area contributed by atoms with Gasteiger partial charge in [-0.1, -0.05) is 66.7 Å². The zero-order valence-electron chi connectivity index (χ0n) is 26.8. The van der Waals surface area contributed by atoms with Crippen molar-refractivity contribution in [2.24, 2.45) is 5.73 Å². The molecule has 2 heterocycles. The van der Waals surface area contributed by atoms with Gasteiger partial charge in [-0.25, -0.2) is 0 Å². The monoisotopic (exact) mass is 630 g/mol. The number of nitrogens with zero attached hydrogens (tertiary/aromatic N) is 3. The maximum absolute atomic E-state index is 14.4. The second kappa shape index (κ2) is 15.5. The van der Waals surface area contributed by atoms with Crippen LogP contribution in [0.4, 0.5) is 0 Å². The molecule has 1 aliphatic rings. The van der Waals surface area contributed by atoms with E-state index in [2.05, 4.69) is 0 Å². The van der Waals surface area contributed by atoms with Crippen LogP contribution in [0.15, 0.2) is 84.3 Å². The normalized spacial score (nSPS) is 15.6. The zero-order valence-corrected chi connectivity index (χ0v) is 27.6. The van der Waals surface area contributed by atoms with Gasteiger partial charge in [-0.05, 0) is 67.3 Å². The summed E-state index contributed by atoms with van der Waals surface area (Å²) < 4.78 is 0. The molecule has 1 aromatic heterocycles. The lowest BCUT2D eigenvalue weighted by Crippen LogP contribution is -2.57. The Morgan fingerprint density at radius 3 is 2.18 bits per heavy atom. The molecule has 9 heteroatoms. The number of carbonyl (C=O) groups excluding carboxylic acids is 3. The highest BCUT2D eigenvalue weighted by atomic mass is 32.1. The summed E-state index contributed by atoms with van der Waals surface area (Å²) in [6.07, 6.45) is 4.99. The molecule has 0 bridgehead atoms. The molecule has 0 radical (unpaired) electrons. The van der Waals surface area contributed by atoms with Gasteiger partial charge in [0.15, 0.2) is 0 Å². The van der Waals surface area contributed by atoms with E-state index in [-0.39, 0.29) is 24.1 Å². The van der Waals surface area contributed by atoms with Crippen molar-refractivity contribution in [1.82, 2.24) is 14.7 Å². The first kappa shape index (κ1) is 34.1. The minimum Gasteiger partial charge on any atom is -0.393 e. The summed E-state index contributed by atoms with van der Waals surface area (Å²) in [5, 5.41) is 12.0. The van der Waals surface area contributed by atoms with E-state index in [9.17, 15) is 19.5 Å². The molecule has 1 fully saturated rings. The predicted octanol–water partition coefficient (Wildman–Crippen LogP) is 4.52. The number of likely N-dealkylation sites (N-methyl/N-ethyl adjacent to an activating group) is 2. The molecule has 2 atom stereocenters. The first-order valence-electron chi connectivity index (χ1n) is 15.6. The number of hydrogen-bond acceptors (Lipinski definition) is 6. The molecule has 1 aliphatic heterocycles. The maximum Gasteiger partial charge on any atom is 0.246 e. The number of hydrogen-bond donors (Lipinski definition) is 2. The second-order valence-corrected chi connectivity index (χ2v) is 13.7. The fourth-order valence-corrected chi connectivity index (χ4v) is 6.25. The van der Waals surface area contributed by atoms with Crippen molar-refractivity contribution in [2.75, 3.05) is 27.2 Å². The summed E-state index contributed by atoms with van der Waals surface area (Å²) in [5.41, 5.74) is 8.69. The Balaban J connectivity index is 1.61. The third-order valence-corrected chi connectivity index (χ3v) is 9.24. The summed E-state index contributed by atoms with van der Waals surface area (Å²) >= 11 is 1.54. The molecule has 45 heavy (non-hydrogen) atoms. The SMILES string of the molecule is CN(C(=O)C=CCC(C)(C)N)[C@H](Cc1ccc(-c2ccccc2)cc1)C(=O)N(C)[C@H](Cc1cccs1)C(=O)N1CCC(O)CC1. The van der Waals surface area contributed by atoms with Crippen LogP contribution in [-0.4, -0.2) is 88.4 Å². The molecule has 1 saturated heterocycles. The van der Waals surface area contributed by atoms with Gasteiger partial charge in [0.05, 0.1) is 6.10 Å². The van der Waals surface area contributed by atoms with E-state index in [1.165, 1.54) is 15.9 Å². The smallest absolute Gasteiger partial charge is 0.246 e. The molecular formula is C36H46N4O4S. The molecule has 0 unspecified atom stereocenters. The van der Waals surface area contributed by atoms with Gasteiger partial charge in [-0.3, -0.25) is 14.4 Å². The van der Waals surface area contributed by atoms with E-state index < -0.39 is 23.7 Å². The standard InChI is InChI=1S/C36H46N4O4S/c1-36(2,37)20-8-13-33(42)38(3)31(24-26-14-16-28(17-15-26)27-10-6-5-7-11-27)34(43)39(4)32(25-30-12-9-23-45-30)35(44)40-21-18-29(41)19-22-40/h5-17,23,29,31-32,41H,18-22,24-25,37H2,1-4H3/t31-,32-/m1/s1. The maximum atomic E-state index is 14.4. The number of nitrogens with two attached hydrogens (primary N) is 1. The Morgan fingerprint density at radius 1 is 0.933 bits per heavy atom. The Bertz CT molecular complexity index is 1430. The minimum absolute atomic E-state index is 0.142. The molecule has 0 saturated carbocycles. The highest BCUT2D eigenvalue weighted by Gasteiger charge is 2.37. The van der Waals surface area contributed by atoms with E-state index in [0.717, 1.165) is 21.6 Å². The van der Waals surface area contributed by atoms with Gasteiger partial charge < -0.3 is 25.5 Å². The van der Waals surface area contributed by atoms with Gasteiger partial charge in [-0.2, -0.15) is 0 Å². The van der Waals surface area contributed by atoms with Crippen molar-refractivity contribution in [1.29, 1.82) is 0 Å². The Labute approximate surface area is 271 Å². The number of amides is 3. The summed E-state index contributed by atoms with van der Waals surface area (Å²) in [5.74, 6) is -0.758. The number of rotatable bonds is 12. The number of benzene rings is 2. The van der Waals surface area contributed by atoms with Crippen molar-refractivity contribution in [3.05, 3.63) is 94.7 Å². The molecule has 0 aliphatic carbocycles. The number of thiophene rings is 1. The van der Waals surface area contributed by atoms with Crippen LogP contribution < -0.4 is 5.73 Å². The topological polar surface area (TPSA) is 107 Å². The Morgan fingerprint density at radius 2 is 1.58 bits per heavy atom. The van der Waals surface area contributed by atoms with Crippen LogP contribution in [0.25, 0.3) is 11.1 Å². The van der Waals surface area contributed by atoms with Gasteiger partial charge >= 0.3 is 0 Å². The lowest BCUT2D eigenvalue weighted by molar-refractivity contribution is -0.150. The van der Waals surface area contributed by atoms with Crippen LogP contribution in [0, 0.1) is 0 Å². The summed E-state index contributed by atoms with van der Waals surface area (Å²) in [7, 11) is 3.30. The minimum atomic E-state index is -0.845. The number of aliphatic hydroxyl groups is 1. The fourth-order valence-electron chi connectivity index (χ4n) is 5.51. The van der Waals surface area contributed by atoms with Gasteiger partial charge in [0.1, 0.15) is 12.1 Å². The first-order valence-corrected chi connectivity index (χ1v) is 16.4. The third-order valence-electron chi connectivity index (χ3n) is 8.35. The molecule has 3 amide bonds. The van der Waals surface area contributed by atoms with E-state index in [4.69, 9.17) is 5.73 Å². The number of carbonyl (C=O) groups is 3. The van der Waals surface area contributed by atoms with E-state index in [1.54, 1.807) is 36.4 Å². The van der Waals surface area contributed by atoms with Crippen molar-refractivity contribution in [3.8, 4) is 11.1 Å². The van der Waals surface area contributed by atoms with Gasteiger partial charge in [0.2, 0.25) is 17.7 Å². The zero-order chi connectivity index (χ0) is 32.6. The molecule has 240 valence electrons. The summed E-state index contributed by atoms with van der Waals surface area (Å²) in [6, 6.07) is 20.4. The van der Waals surface area contributed by atoms with Crippen LogP contribution in [0.1, 0.15) is 43.6 Å². The van der Waals surface area contributed by atoms with E-state index in [0.29, 0.717) is 38.8 Å². The Hall–Kier alpha value is -3.79. The lowest BCUT2D eigenvalue weighted by atomic mass is 9.98. The quantitative estimate of drug-likeness (QED) is 0.286. The van der Waals surface area contributed by atoms with Crippen LogP contribution in [-0.2, 0) is 27.2 Å². The molecule has 8 nitrogen and oxygen atoms in total. The molecule has 2 aromatic carbocycles. The number of likely N-dealkylation sites (tertiary alicyclic amines) is 1. The molecule has 0 spiro atoms. The van der Waals surface area contributed by atoms with Crippen molar-refractivity contribution >= 4 is 29.1 Å². The van der Waals surface area contributed by atoms with Crippen molar-refractivity contribution in [2.45, 2.75) is 69.7 Å². The van der Waals surface area contributed by atoms with Crippen LogP contribution in [0.2, 0.25) is 0 Å². The van der Waals surface area contributed by atoms with Crippen LogP contribution >= 0.6 is 11.3 Å². The molecule has 3 aromatic rings. The average Bonchev–Trinajstić information content (AvgIpc) is 3.55. The predicted molar refractivity (Wildman–Crippen MR) is 181 cm³/mol. The fraction of sp³-hybridized carbons (Fsp3) is 0.417. The largest absolute Gasteiger partial charge is 0.393 e. The second-order valence-electron chi connectivity index (χ2n) is 12.6. The molecule has 3 N–H and O–H groups in total. The van der Waals surface area contributed by atoms with Crippen molar-refractivity contribution < 1.29 is 19.5 Å². The summed E-state index contributed by atoms with van der Waals surface area (Å²) in [6.45, 7) is 4.67. The Kier molecular flexibility index (Phi) is 11.7. The van der Waals surface area contributed by atoms with E-state index >= 15 is 0 Å². The number of piperidine rings is 1. The lowest BCUT2D eigenvalue weighted by Gasteiger charge is -2.38. The van der Waals surface area contributed by atoms with Gasteiger partial charge in [0, 0.05) is 50.4 Å². The van der Waals surface area contributed by atoms with E-state index in [1.807, 2.05) is 86.0 Å². The van der Waals surface area contributed by atoms with Crippen LogP contribution in [0.3, 0.4) is 0 Å². The summed E-state index contributed by atoms with van der Waals surface area (Å²) in [4.78, 5) is 47.5. The highest BCUT2D eigenvalue weighted by Crippen LogP contribution is 2.23. The molecular weight excluding hydrogens is 584 g/mol. The van der Waals surface area contributed by atoms with Gasteiger partial charge in [0.25, 0.3) is 0 Å².